The highest BCUT2D eigenvalue weighted by atomic mass is 32.2. The predicted octanol–water partition coefficient (Wildman–Crippen LogP) is 3.94. The third-order valence-electron chi connectivity index (χ3n) is 9.37. The van der Waals surface area contributed by atoms with E-state index < -0.39 is 85.8 Å². The lowest BCUT2D eigenvalue weighted by Crippen LogP contribution is -2.60. The Morgan fingerprint density at radius 2 is 1.63 bits per heavy atom. The molecule has 2 unspecified atom stereocenters. The highest BCUT2D eigenvalue weighted by Gasteiger charge is 2.62. The van der Waals surface area contributed by atoms with Crippen molar-refractivity contribution in [2.75, 3.05) is 11.9 Å². The van der Waals surface area contributed by atoms with Crippen LogP contribution in [0.2, 0.25) is 0 Å². The van der Waals surface area contributed by atoms with Gasteiger partial charge in [0, 0.05) is 12.3 Å². The highest BCUT2D eigenvalue weighted by molar-refractivity contribution is 7.91. The summed E-state index contributed by atoms with van der Waals surface area (Å²) < 4.78 is 38.6. The molecule has 14 nitrogen and oxygen atoms in total. The summed E-state index contributed by atoms with van der Waals surface area (Å²) in [6, 6.07) is 3.32. The fourth-order valence-electron chi connectivity index (χ4n) is 6.32. The summed E-state index contributed by atoms with van der Waals surface area (Å²) >= 11 is 0. The summed E-state index contributed by atoms with van der Waals surface area (Å²) in [5.74, 6) is -2.80. The summed E-state index contributed by atoms with van der Waals surface area (Å²) in [7, 11) is -3.92. The molecule has 5 atom stereocenters. The van der Waals surface area contributed by atoms with Crippen LogP contribution in [0.3, 0.4) is 0 Å². The normalized spacial score (nSPS) is 23.8. The number of carbonyl (C=O) groups is 5. The van der Waals surface area contributed by atoms with Gasteiger partial charge in [-0.1, -0.05) is 58.9 Å². The van der Waals surface area contributed by atoms with E-state index in [0.717, 1.165) is 11.1 Å². The van der Waals surface area contributed by atoms with Gasteiger partial charge in [0.25, 0.3) is 5.91 Å². The van der Waals surface area contributed by atoms with E-state index in [1.165, 1.54) is 11.0 Å². The van der Waals surface area contributed by atoms with Crippen molar-refractivity contribution < 1.29 is 41.9 Å². The summed E-state index contributed by atoms with van der Waals surface area (Å²) in [4.78, 5) is 69.3. The van der Waals surface area contributed by atoms with Crippen LogP contribution in [0.15, 0.2) is 30.9 Å². The Hall–Kier alpha value is -4.14. The molecule has 4 N–H and O–H groups in total. The van der Waals surface area contributed by atoms with Gasteiger partial charge >= 0.3 is 12.2 Å². The Morgan fingerprint density at radius 1 is 1.02 bits per heavy atom. The predicted molar refractivity (Wildman–Crippen MR) is 191 cm³/mol. The van der Waals surface area contributed by atoms with Crippen LogP contribution in [0.5, 0.6) is 0 Å². The zero-order valence-electron chi connectivity index (χ0n) is 30.9. The molecule has 282 valence electrons. The van der Waals surface area contributed by atoms with Gasteiger partial charge in [0.1, 0.15) is 29.3 Å². The van der Waals surface area contributed by atoms with E-state index in [4.69, 9.17) is 9.47 Å². The topological polar surface area (TPSA) is 189 Å². The standard InChI is InChI=1S/C36H53N5O9S/c1-10-21-14-13-15-22(11-2)27(21)37-32(45)49-24-18-26(41(20-24)30(43)28(34(4,5)6)38-33(46)50-35(7,8)9)29(42)39-36(19-23(36)12-3)31(44)40-51(47,48)25-16-17-25/h12-15,23-26,28H,3,10-11,16-20H2,1-2,4-9H3,(H,37,45)(H,38,46)(H,39,42)(H,40,44)/t23?,24-,26+,28-,36?/m1/s1. The van der Waals surface area contributed by atoms with Gasteiger partial charge in [-0.2, -0.15) is 0 Å². The van der Waals surface area contributed by atoms with Gasteiger partial charge in [-0.15, -0.1) is 6.58 Å². The quantitative estimate of drug-likeness (QED) is 0.231. The number of nitrogens with one attached hydrogen (secondary N) is 4. The van der Waals surface area contributed by atoms with E-state index in [2.05, 4.69) is 27.3 Å². The second-order valence-electron chi connectivity index (χ2n) is 15.7. The summed E-state index contributed by atoms with van der Waals surface area (Å²) in [5.41, 5.74) is -0.818. The maximum Gasteiger partial charge on any atom is 0.411 e. The number of likely N-dealkylation sites (tertiary alicyclic amines) is 1. The lowest BCUT2D eigenvalue weighted by atomic mass is 9.85. The van der Waals surface area contributed by atoms with Gasteiger partial charge in [-0.05, 0) is 69.4 Å². The number of anilines is 1. The number of hydrogen-bond acceptors (Lipinski definition) is 9. The summed E-state index contributed by atoms with van der Waals surface area (Å²) in [6.45, 7) is 17.8. The molecule has 3 aliphatic rings. The second-order valence-corrected chi connectivity index (χ2v) is 17.6. The largest absolute Gasteiger partial charge is 0.444 e. The molecule has 2 saturated carbocycles. The molecule has 0 radical (unpaired) electrons. The Bertz CT molecular complexity index is 1640. The first-order chi connectivity index (χ1) is 23.7. The number of para-hydroxylation sites is 1. The van der Waals surface area contributed by atoms with Crippen molar-refractivity contribution in [1.82, 2.24) is 20.3 Å². The van der Waals surface area contributed by atoms with E-state index >= 15 is 0 Å². The van der Waals surface area contributed by atoms with E-state index in [1.54, 1.807) is 41.5 Å². The lowest BCUT2D eigenvalue weighted by Gasteiger charge is -2.36. The van der Waals surface area contributed by atoms with Gasteiger partial charge < -0.3 is 25.0 Å². The molecule has 1 aromatic carbocycles. The molecule has 1 aromatic rings. The Balaban J connectivity index is 1.61. The van der Waals surface area contributed by atoms with Gasteiger partial charge in [-0.25, -0.2) is 18.0 Å². The maximum atomic E-state index is 14.3. The van der Waals surface area contributed by atoms with Gasteiger partial charge in [0.05, 0.1) is 17.5 Å². The third-order valence-corrected chi connectivity index (χ3v) is 11.2. The number of rotatable bonds is 12. The Kier molecular flexibility index (Phi) is 11.5. The van der Waals surface area contributed by atoms with Crippen molar-refractivity contribution in [3.63, 3.8) is 0 Å². The molecule has 0 aromatic heterocycles. The number of aryl methyl sites for hydroxylation is 2. The molecule has 5 amide bonds. The molecule has 1 heterocycles. The smallest absolute Gasteiger partial charge is 0.411 e. The zero-order valence-corrected chi connectivity index (χ0v) is 31.7. The minimum atomic E-state index is -3.92. The van der Waals surface area contributed by atoms with E-state index in [9.17, 15) is 32.4 Å². The highest BCUT2D eigenvalue weighted by Crippen LogP contribution is 2.45. The van der Waals surface area contributed by atoms with Crippen LogP contribution >= 0.6 is 0 Å². The molecule has 1 aliphatic heterocycles. The number of carbonyl (C=O) groups excluding carboxylic acids is 5. The Morgan fingerprint density at radius 3 is 2.12 bits per heavy atom. The third kappa shape index (κ3) is 9.40. The molecule has 1 saturated heterocycles. The van der Waals surface area contributed by atoms with E-state index in [1.807, 2.05) is 32.0 Å². The van der Waals surface area contributed by atoms with E-state index in [0.29, 0.717) is 31.4 Å². The SMILES string of the molecule is C=CC1CC1(NC(=O)[C@@H]1C[C@@H](OC(=O)Nc2c(CC)cccc2CC)CN1C(=O)[C@@H](NC(=O)OC(C)(C)C)C(C)(C)C)C(=O)NS(=O)(=O)C1CC1. The van der Waals surface area contributed by atoms with Crippen molar-refractivity contribution in [1.29, 1.82) is 0 Å². The summed E-state index contributed by atoms with van der Waals surface area (Å²) in [6.07, 6.45) is 1.13. The van der Waals surface area contributed by atoms with Crippen molar-refractivity contribution in [3.05, 3.63) is 42.0 Å². The van der Waals surface area contributed by atoms with Crippen LogP contribution in [0, 0.1) is 11.3 Å². The van der Waals surface area contributed by atoms with Gasteiger partial charge in [0.15, 0.2) is 0 Å². The van der Waals surface area contributed by atoms with Crippen molar-refractivity contribution in [2.45, 2.75) is 128 Å². The summed E-state index contributed by atoms with van der Waals surface area (Å²) in [5, 5.41) is 7.56. The number of hydrogen-bond donors (Lipinski definition) is 4. The molecule has 3 fully saturated rings. The van der Waals surface area contributed by atoms with Crippen molar-refractivity contribution in [2.24, 2.45) is 11.3 Å². The van der Waals surface area contributed by atoms with Crippen molar-refractivity contribution in [3.8, 4) is 0 Å². The minimum absolute atomic E-state index is 0.110. The van der Waals surface area contributed by atoms with Crippen LogP contribution in [0.4, 0.5) is 15.3 Å². The first-order valence-electron chi connectivity index (χ1n) is 17.5. The fourth-order valence-corrected chi connectivity index (χ4v) is 7.68. The fraction of sp³-hybridized carbons (Fsp3) is 0.639. The molecule has 15 heteroatoms. The number of amides is 5. The number of benzene rings is 1. The lowest BCUT2D eigenvalue weighted by molar-refractivity contribution is -0.143. The first-order valence-corrected chi connectivity index (χ1v) is 19.1. The molecule has 51 heavy (non-hydrogen) atoms. The zero-order chi connectivity index (χ0) is 38.1. The molecule has 4 rings (SSSR count). The average Bonchev–Trinajstić information content (AvgIpc) is 3.95. The molecule has 0 spiro atoms. The van der Waals surface area contributed by atoms with Crippen LogP contribution in [-0.4, -0.2) is 84.3 Å². The monoisotopic (exact) mass is 731 g/mol. The average molecular weight is 732 g/mol. The van der Waals surface area contributed by atoms with Crippen LogP contribution < -0.4 is 20.7 Å². The van der Waals surface area contributed by atoms with Crippen LogP contribution in [-0.2, 0) is 46.7 Å². The van der Waals surface area contributed by atoms with Crippen LogP contribution in [0.1, 0.15) is 92.2 Å². The minimum Gasteiger partial charge on any atom is -0.444 e. The number of nitrogens with zero attached hydrogens (tertiary/aromatic N) is 1. The molecular weight excluding hydrogens is 678 g/mol. The molecule has 0 bridgehead atoms. The maximum absolute atomic E-state index is 14.3. The Labute approximate surface area is 300 Å². The van der Waals surface area contributed by atoms with Gasteiger partial charge in [-0.3, -0.25) is 24.4 Å². The number of ether oxygens (including phenoxy) is 2. The second kappa shape index (κ2) is 14.8. The number of alkyl carbamates (subject to hydrolysis) is 1. The van der Waals surface area contributed by atoms with Crippen LogP contribution in [0.25, 0.3) is 0 Å². The van der Waals surface area contributed by atoms with Crippen molar-refractivity contribution >= 4 is 45.6 Å². The first kappa shape index (κ1) is 39.6. The molecular formula is C36H53N5O9S. The molecule has 2 aliphatic carbocycles. The van der Waals surface area contributed by atoms with Gasteiger partial charge in [0.2, 0.25) is 21.8 Å². The number of sulfonamides is 1. The van der Waals surface area contributed by atoms with E-state index in [-0.39, 0.29) is 19.4 Å².